The van der Waals surface area contributed by atoms with Gasteiger partial charge in [0.2, 0.25) is 5.91 Å². The summed E-state index contributed by atoms with van der Waals surface area (Å²) >= 11 is 0. The second-order valence-corrected chi connectivity index (χ2v) is 7.69. The van der Waals surface area contributed by atoms with Gasteiger partial charge in [-0.25, -0.2) is 4.39 Å². The van der Waals surface area contributed by atoms with Crippen molar-refractivity contribution in [2.45, 2.75) is 47.0 Å². The summed E-state index contributed by atoms with van der Waals surface area (Å²) in [7, 11) is 0. The monoisotopic (exact) mass is 492 g/mol. The largest absolute Gasteiger partial charge is 0.357 e. The van der Waals surface area contributed by atoms with Crippen molar-refractivity contribution in [3.8, 4) is 0 Å². The van der Waals surface area contributed by atoms with E-state index in [1.165, 1.54) is 6.07 Å². The van der Waals surface area contributed by atoms with Gasteiger partial charge >= 0.3 is 0 Å². The molecule has 0 saturated heterocycles. The van der Waals surface area contributed by atoms with E-state index in [-0.39, 0.29) is 41.1 Å². The average Bonchev–Trinajstić information content (AvgIpc) is 2.57. The molecular weight excluding hydrogens is 458 g/mol. The minimum atomic E-state index is -0.587. The van der Waals surface area contributed by atoms with E-state index < -0.39 is 5.41 Å². The van der Waals surface area contributed by atoms with Crippen LogP contribution in [0.15, 0.2) is 29.3 Å². The fraction of sp³-hybridized carbons (Fsp3) is 0.600. The van der Waals surface area contributed by atoms with Crippen molar-refractivity contribution in [1.82, 2.24) is 16.0 Å². The third kappa shape index (κ3) is 8.45. The summed E-state index contributed by atoms with van der Waals surface area (Å²) in [5.74, 6) is 0.397. The fourth-order valence-corrected chi connectivity index (χ4v) is 2.41. The molecule has 0 radical (unpaired) electrons. The molecule has 0 aliphatic heterocycles. The molecule has 7 heteroatoms. The molecule has 0 aliphatic carbocycles. The quantitative estimate of drug-likeness (QED) is 0.296. The maximum absolute atomic E-state index is 13.5. The number of hydrogen-bond donors (Lipinski definition) is 3. The van der Waals surface area contributed by atoms with Crippen LogP contribution in [0, 0.1) is 11.2 Å². The van der Waals surface area contributed by atoms with Gasteiger partial charge < -0.3 is 16.0 Å². The average molecular weight is 492 g/mol. The molecule has 0 saturated carbocycles. The number of rotatable bonds is 8. The SMILES string of the molecule is CCNC(=O)C(C)(C)CN=C(NCC)NCC(C)(C)c1cccc(F)c1.I. The van der Waals surface area contributed by atoms with Gasteiger partial charge in [-0.3, -0.25) is 9.79 Å². The van der Waals surface area contributed by atoms with Crippen LogP contribution in [0.25, 0.3) is 0 Å². The Morgan fingerprint density at radius 1 is 1.07 bits per heavy atom. The first-order valence-corrected chi connectivity index (χ1v) is 9.19. The minimum absolute atomic E-state index is 0. The van der Waals surface area contributed by atoms with Crippen LogP contribution in [-0.2, 0) is 10.2 Å². The van der Waals surface area contributed by atoms with Crippen molar-refractivity contribution in [3.05, 3.63) is 35.6 Å². The zero-order valence-electron chi connectivity index (χ0n) is 17.3. The number of benzene rings is 1. The van der Waals surface area contributed by atoms with Gasteiger partial charge in [-0.05, 0) is 45.4 Å². The van der Waals surface area contributed by atoms with Gasteiger partial charge in [-0.2, -0.15) is 0 Å². The van der Waals surface area contributed by atoms with Crippen molar-refractivity contribution in [2.24, 2.45) is 10.4 Å². The Morgan fingerprint density at radius 3 is 2.26 bits per heavy atom. The summed E-state index contributed by atoms with van der Waals surface area (Å²) in [6.07, 6.45) is 0. The Labute approximate surface area is 180 Å². The zero-order valence-corrected chi connectivity index (χ0v) is 19.6. The molecule has 1 amide bonds. The van der Waals surface area contributed by atoms with E-state index in [1.807, 2.05) is 33.8 Å². The predicted molar refractivity (Wildman–Crippen MR) is 121 cm³/mol. The summed E-state index contributed by atoms with van der Waals surface area (Å²) in [6.45, 7) is 14.0. The number of hydrogen-bond acceptors (Lipinski definition) is 2. The van der Waals surface area contributed by atoms with E-state index in [1.54, 1.807) is 12.1 Å². The molecule has 0 aromatic heterocycles. The highest BCUT2D eigenvalue weighted by molar-refractivity contribution is 14.0. The van der Waals surface area contributed by atoms with Gasteiger partial charge in [-0.1, -0.05) is 26.0 Å². The van der Waals surface area contributed by atoms with Gasteiger partial charge in [0.1, 0.15) is 5.82 Å². The molecule has 1 aromatic carbocycles. The first-order chi connectivity index (χ1) is 12.1. The van der Waals surface area contributed by atoms with Crippen molar-refractivity contribution in [3.63, 3.8) is 0 Å². The lowest BCUT2D eigenvalue weighted by molar-refractivity contribution is -0.128. The van der Waals surface area contributed by atoms with E-state index in [9.17, 15) is 9.18 Å². The highest BCUT2D eigenvalue weighted by Gasteiger charge is 2.27. The minimum Gasteiger partial charge on any atom is -0.357 e. The Balaban J connectivity index is 0.00000676. The van der Waals surface area contributed by atoms with Gasteiger partial charge in [0, 0.05) is 25.0 Å². The summed E-state index contributed by atoms with van der Waals surface area (Å²) in [4.78, 5) is 16.7. The first kappa shape index (κ1) is 25.6. The van der Waals surface area contributed by atoms with Gasteiger partial charge in [-0.15, -0.1) is 24.0 Å². The summed E-state index contributed by atoms with van der Waals surface area (Å²) in [6, 6.07) is 6.65. The number of aliphatic imine (C=N–C) groups is 1. The highest BCUT2D eigenvalue weighted by atomic mass is 127. The smallest absolute Gasteiger partial charge is 0.227 e. The van der Waals surface area contributed by atoms with Gasteiger partial charge in [0.05, 0.1) is 12.0 Å². The van der Waals surface area contributed by atoms with E-state index in [2.05, 4.69) is 34.8 Å². The van der Waals surface area contributed by atoms with Crippen LogP contribution in [0.3, 0.4) is 0 Å². The van der Waals surface area contributed by atoms with Crippen LogP contribution in [0.5, 0.6) is 0 Å². The van der Waals surface area contributed by atoms with Crippen molar-refractivity contribution in [1.29, 1.82) is 0 Å². The topological polar surface area (TPSA) is 65.5 Å². The third-order valence-corrected chi connectivity index (χ3v) is 4.23. The molecule has 0 spiro atoms. The lowest BCUT2D eigenvalue weighted by Crippen LogP contribution is -2.45. The molecule has 1 rings (SSSR count). The molecule has 0 bridgehead atoms. The van der Waals surface area contributed by atoms with E-state index in [0.29, 0.717) is 32.1 Å². The number of carbonyl (C=O) groups excluding carboxylic acids is 1. The van der Waals surface area contributed by atoms with Crippen LogP contribution < -0.4 is 16.0 Å². The molecule has 0 aliphatic rings. The van der Waals surface area contributed by atoms with Crippen LogP contribution in [-0.4, -0.2) is 38.0 Å². The second kappa shape index (κ2) is 11.5. The molecule has 1 aromatic rings. The normalized spacial score (nSPS) is 12.2. The second-order valence-electron chi connectivity index (χ2n) is 7.69. The van der Waals surface area contributed by atoms with Crippen molar-refractivity contribution >= 4 is 35.8 Å². The number of nitrogens with one attached hydrogen (secondary N) is 3. The van der Waals surface area contributed by atoms with Gasteiger partial charge in [0.25, 0.3) is 0 Å². The van der Waals surface area contributed by atoms with Crippen LogP contribution in [0.1, 0.15) is 47.1 Å². The third-order valence-electron chi connectivity index (χ3n) is 4.23. The number of guanidine groups is 1. The molecule has 154 valence electrons. The van der Waals surface area contributed by atoms with Crippen molar-refractivity contribution in [2.75, 3.05) is 26.2 Å². The first-order valence-electron chi connectivity index (χ1n) is 9.19. The van der Waals surface area contributed by atoms with Crippen LogP contribution in [0.2, 0.25) is 0 Å². The predicted octanol–water partition coefficient (Wildman–Crippen LogP) is 3.44. The Morgan fingerprint density at radius 2 is 1.70 bits per heavy atom. The maximum atomic E-state index is 13.5. The molecule has 0 heterocycles. The zero-order chi connectivity index (χ0) is 19.8. The molecule has 0 atom stereocenters. The Bertz CT molecular complexity index is 632. The fourth-order valence-electron chi connectivity index (χ4n) is 2.41. The molecule has 0 fully saturated rings. The summed E-state index contributed by atoms with van der Waals surface area (Å²) in [5, 5.41) is 9.34. The lowest BCUT2D eigenvalue weighted by Gasteiger charge is -2.27. The number of carbonyl (C=O) groups is 1. The summed E-state index contributed by atoms with van der Waals surface area (Å²) in [5.41, 5.74) is 0.0626. The van der Waals surface area contributed by atoms with E-state index >= 15 is 0 Å². The molecule has 0 unspecified atom stereocenters. The van der Waals surface area contributed by atoms with E-state index in [4.69, 9.17) is 0 Å². The molecular formula is C20H34FIN4O. The van der Waals surface area contributed by atoms with E-state index in [0.717, 1.165) is 5.56 Å². The van der Waals surface area contributed by atoms with Crippen LogP contribution >= 0.6 is 24.0 Å². The number of halogens is 2. The van der Waals surface area contributed by atoms with Crippen molar-refractivity contribution < 1.29 is 9.18 Å². The van der Waals surface area contributed by atoms with Crippen LogP contribution in [0.4, 0.5) is 4.39 Å². The highest BCUT2D eigenvalue weighted by Crippen LogP contribution is 2.23. The van der Waals surface area contributed by atoms with Gasteiger partial charge in [0.15, 0.2) is 5.96 Å². The molecule has 3 N–H and O–H groups in total. The lowest BCUT2D eigenvalue weighted by atomic mass is 9.84. The molecule has 27 heavy (non-hydrogen) atoms. The maximum Gasteiger partial charge on any atom is 0.227 e. The number of amides is 1. The Hall–Kier alpha value is -1.38. The standard InChI is InChI=1S/C20H33FN4O.HI/c1-7-22-17(26)20(5,6)14-25-18(23-8-2)24-13-19(3,4)15-10-9-11-16(21)12-15;/h9-12H,7-8,13-14H2,1-6H3,(H,22,26)(H2,23,24,25);1H. The number of nitrogens with zero attached hydrogens (tertiary/aromatic N) is 1. The Kier molecular flexibility index (Phi) is 10.9. The molecule has 5 nitrogen and oxygen atoms in total. The summed E-state index contributed by atoms with van der Waals surface area (Å²) < 4.78 is 13.5.